The van der Waals surface area contributed by atoms with Gasteiger partial charge in [-0.05, 0) is 35.3 Å². The van der Waals surface area contributed by atoms with Crippen LogP contribution in [0.3, 0.4) is 0 Å². The first-order chi connectivity index (χ1) is 9.28. The lowest BCUT2D eigenvalue weighted by atomic mass is 9.86. The lowest BCUT2D eigenvalue weighted by Gasteiger charge is -2.10. The Morgan fingerprint density at radius 2 is 2.05 bits per heavy atom. The molecule has 1 aliphatic rings. The summed E-state index contributed by atoms with van der Waals surface area (Å²) in [6.45, 7) is 0. The summed E-state index contributed by atoms with van der Waals surface area (Å²) >= 11 is 0. The fraction of sp³-hybridized carbons (Fsp3) is 0.0714. The fourth-order valence-electron chi connectivity index (χ4n) is 1.94. The van der Waals surface area contributed by atoms with Crippen molar-refractivity contribution in [3.63, 3.8) is 0 Å². The minimum absolute atomic E-state index is 0.0123. The van der Waals surface area contributed by atoms with Gasteiger partial charge in [0.2, 0.25) is 0 Å². The second-order valence-corrected chi connectivity index (χ2v) is 4.13. The van der Waals surface area contributed by atoms with Gasteiger partial charge in [-0.25, -0.2) is 0 Å². The summed E-state index contributed by atoms with van der Waals surface area (Å²) in [5.41, 5.74) is 1.40. The Balaban J connectivity index is 1.95. The smallest absolute Gasteiger partial charge is 0.332 e. The number of aromatic hydroxyl groups is 1. The summed E-state index contributed by atoms with van der Waals surface area (Å²) in [4.78, 5) is 0. The highest BCUT2D eigenvalue weighted by Crippen LogP contribution is 2.34. The molecule has 19 heavy (non-hydrogen) atoms. The average molecular weight is 250 g/mol. The Morgan fingerprint density at radius 3 is 2.79 bits per heavy atom. The van der Waals surface area contributed by atoms with E-state index < -0.39 is 6.10 Å². The van der Waals surface area contributed by atoms with E-state index in [-0.39, 0.29) is 5.75 Å². The highest BCUT2D eigenvalue weighted by molar-refractivity contribution is 6.49. The van der Waals surface area contributed by atoms with Crippen LogP contribution in [0.4, 0.5) is 0 Å². The van der Waals surface area contributed by atoms with Crippen LogP contribution in [-0.2, 0) is 4.65 Å². The highest BCUT2D eigenvalue weighted by atomic mass is 16.5. The zero-order valence-electron chi connectivity index (χ0n) is 9.91. The number of para-hydroxylation sites is 1. The molecule has 3 rings (SSSR count). The largest absolute Gasteiger partial charge is 0.504 e. The summed E-state index contributed by atoms with van der Waals surface area (Å²) in [6, 6.07) is 14.4. The molecule has 0 spiro atoms. The van der Waals surface area contributed by atoms with Crippen LogP contribution in [0, 0.1) is 11.3 Å². The van der Waals surface area contributed by atoms with Crippen molar-refractivity contribution in [1.82, 2.24) is 0 Å². The van der Waals surface area contributed by atoms with Crippen LogP contribution in [0.2, 0.25) is 0 Å². The zero-order chi connectivity index (χ0) is 13.2. The van der Waals surface area contributed by atoms with Gasteiger partial charge in [0, 0.05) is 0 Å². The minimum Gasteiger partial charge on any atom is -0.504 e. The maximum Gasteiger partial charge on any atom is 0.332 e. The third kappa shape index (κ3) is 2.14. The standard InChI is InChI=1S/C14H9BNO3/c16-8-14-10-6-12(17)13(7-11(10)15-19-14)18-9-4-2-1-3-5-9/h1-7,14,17H. The van der Waals surface area contributed by atoms with E-state index in [1.807, 2.05) is 24.3 Å². The Labute approximate surface area is 111 Å². The molecule has 5 heteroatoms. The van der Waals surface area contributed by atoms with Gasteiger partial charge in [-0.3, -0.25) is 0 Å². The van der Waals surface area contributed by atoms with Crippen LogP contribution in [0.1, 0.15) is 11.7 Å². The maximum atomic E-state index is 9.95. The molecule has 0 amide bonds. The predicted octanol–water partition coefficient (Wildman–Crippen LogP) is 2.02. The Kier molecular flexibility index (Phi) is 2.86. The first-order valence-corrected chi connectivity index (χ1v) is 5.76. The van der Waals surface area contributed by atoms with Crippen molar-refractivity contribution in [3.05, 3.63) is 48.0 Å². The molecule has 0 fully saturated rings. The molecule has 1 N–H and O–H groups in total. The van der Waals surface area contributed by atoms with E-state index in [0.29, 0.717) is 17.1 Å². The molecule has 0 saturated carbocycles. The van der Waals surface area contributed by atoms with Gasteiger partial charge in [0.05, 0.1) is 6.07 Å². The molecular weight excluding hydrogens is 241 g/mol. The average Bonchev–Trinajstić information content (AvgIpc) is 2.82. The molecule has 1 heterocycles. The third-order valence-electron chi connectivity index (χ3n) is 2.87. The first kappa shape index (κ1) is 11.6. The number of nitrogens with zero attached hydrogens (tertiary/aromatic N) is 1. The van der Waals surface area contributed by atoms with Gasteiger partial charge < -0.3 is 14.5 Å². The zero-order valence-corrected chi connectivity index (χ0v) is 9.91. The minimum atomic E-state index is -0.660. The van der Waals surface area contributed by atoms with Gasteiger partial charge in [0.1, 0.15) is 5.75 Å². The topological polar surface area (TPSA) is 62.5 Å². The van der Waals surface area contributed by atoms with E-state index in [1.165, 1.54) is 13.5 Å². The molecule has 91 valence electrons. The van der Waals surface area contributed by atoms with Gasteiger partial charge in [-0.2, -0.15) is 5.26 Å². The molecule has 0 saturated heterocycles. The second kappa shape index (κ2) is 4.67. The predicted molar refractivity (Wildman–Crippen MR) is 69.4 cm³/mol. The summed E-state index contributed by atoms with van der Waals surface area (Å²) in [6.07, 6.45) is -0.660. The number of benzene rings is 2. The monoisotopic (exact) mass is 250 g/mol. The van der Waals surface area contributed by atoms with E-state index >= 15 is 0 Å². The van der Waals surface area contributed by atoms with Crippen LogP contribution < -0.4 is 10.2 Å². The third-order valence-corrected chi connectivity index (χ3v) is 2.87. The summed E-state index contributed by atoms with van der Waals surface area (Å²) in [7, 11) is 1.50. The SMILES string of the molecule is N#CC1O[B]c2cc(Oc3ccccc3)c(O)cc21. The van der Waals surface area contributed by atoms with E-state index in [4.69, 9.17) is 14.7 Å². The molecule has 1 atom stereocenters. The van der Waals surface area contributed by atoms with Crippen molar-refractivity contribution >= 4 is 12.9 Å². The number of fused-ring (bicyclic) bond motifs is 1. The van der Waals surface area contributed by atoms with Crippen LogP contribution in [0.15, 0.2) is 42.5 Å². The molecule has 1 unspecified atom stereocenters. The van der Waals surface area contributed by atoms with Crippen LogP contribution in [0.25, 0.3) is 0 Å². The number of hydrogen-bond acceptors (Lipinski definition) is 4. The van der Waals surface area contributed by atoms with E-state index in [9.17, 15) is 5.11 Å². The molecule has 2 aromatic carbocycles. The summed E-state index contributed by atoms with van der Waals surface area (Å²) in [5.74, 6) is 0.957. The van der Waals surface area contributed by atoms with E-state index in [2.05, 4.69) is 0 Å². The molecule has 0 aromatic heterocycles. The van der Waals surface area contributed by atoms with Gasteiger partial charge in [-0.1, -0.05) is 18.2 Å². The van der Waals surface area contributed by atoms with Gasteiger partial charge in [0.15, 0.2) is 17.6 Å². The number of phenolic OH excluding ortho intramolecular Hbond substituents is 1. The van der Waals surface area contributed by atoms with Crippen molar-refractivity contribution in [2.24, 2.45) is 0 Å². The molecule has 0 aliphatic carbocycles. The summed E-state index contributed by atoms with van der Waals surface area (Å²) in [5, 5.41) is 18.8. The van der Waals surface area contributed by atoms with E-state index in [1.54, 1.807) is 18.2 Å². The van der Waals surface area contributed by atoms with Crippen molar-refractivity contribution in [3.8, 4) is 23.3 Å². The molecule has 2 aromatic rings. The number of ether oxygens (including phenoxy) is 1. The number of hydrogen-bond donors (Lipinski definition) is 1. The van der Waals surface area contributed by atoms with Gasteiger partial charge >= 0.3 is 7.48 Å². The Bertz CT molecular complexity index is 652. The number of rotatable bonds is 2. The van der Waals surface area contributed by atoms with Crippen molar-refractivity contribution in [2.45, 2.75) is 6.10 Å². The lowest BCUT2D eigenvalue weighted by molar-refractivity contribution is 0.296. The van der Waals surface area contributed by atoms with Crippen molar-refractivity contribution in [1.29, 1.82) is 5.26 Å². The fourth-order valence-corrected chi connectivity index (χ4v) is 1.94. The normalized spacial score (nSPS) is 16.3. The molecular formula is C14H9BNO3. The summed E-state index contributed by atoms with van der Waals surface area (Å²) < 4.78 is 10.8. The second-order valence-electron chi connectivity index (χ2n) is 4.13. The van der Waals surface area contributed by atoms with Gasteiger partial charge in [-0.15, -0.1) is 0 Å². The molecule has 1 radical (unpaired) electrons. The van der Waals surface area contributed by atoms with Crippen molar-refractivity contribution in [2.75, 3.05) is 0 Å². The number of phenols is 1. The first-order valence-electron chi connectivity index (χ1n) is 5.76. The van der Waals surface area contributed by atoms with Gasteiger partial charge in [0.25, 0.3) is 0 Å². The molecule has 0 bridgehead atoms. The van der Waals surface area contributed by atoms with Crippen LogP contribution in [0.5, 0.6) is 17.2 Å². The van der Waals surface area contributed by atoms with Crippen LogP contribution in [-0.4, -0.2) is 12.6 Å². The Hall–Kier alpha value is -2.45. The lowest BCUT2D eigenvalue weighted by Crippen LogP contribution is -2.11. The van der Waals surface area contributed by atoms with Crippen molar-refractivity contribution < 1.29 is 14.5 Å². The maximum absolute atomic E-state index is 9.95. The molecule has 4 nitrogen and oxygen atoms in total. The quantitative estimate of drug-likeness (QED) is 0.828. The Morgan fingerprint density at radius 1 is 1.26 bits per heavy atom. The van der Waals surface area contributed by atoms with E-state index in [0.717, 1.165) is 5.46 Å². The number of nitriles is 1. The molecule has 1 aliphatic heterocycles. The highest BCUT2D eigenvalue weighted by Gasteiger charge is 2.26. The van der Waals surface area contributed by atoms with Crippen LogP contribution >= 0.6 is 0 Å².